The van der Waals surface area contributed by atoms with E-state index < -0.39 is 16.1 Å². The van der Waals surface area contributed by atoms with Crippen molar-refractivity contribution in [3.63, 3.8) is 0 Å². The second-order valence-corrected chi connectivity index (χ2v) is 9.46. The molecule has 28 heavy (non-hydrogen) atoms. The van der Waals surface area contributed by atoms with Crippen molar-refractivity contribution in [2.75, 3.05) is 49.9 Å². The molecule has 1 atom stereocenters. The number of fused-ring (bicyclic) bond motifs is 1. The van der Waals surface area contributed by atoms with Crippen LogP contribution in [0.4, 0.5) is 10.6 Å². The predicted octanol–water partition coefficient (Wildman–Crippen LogP) is 0.350. The molecule has 9 nitrogen and oxygen atoms in total. The lowest BCUT2D eigenvalue weighted by molar-refractivity contribution is -0.128. The fourth-order valence-corrected chi connectivity index (χ4v) is 5.52. The Kier molecular flexibility index (Phi) is 5.24. The Morgan fingerprint density at radius 3 is 2.50 bits per heavy atom. The van der Waals surface area contributed by atoms with E-state index in [2.05, 4.69) is 9.88 Å². The first-order chi connectivity index (χ1) is 13.5. The molecule has 3 fully saturated rings. The molecule has 3 amide bonds. The Morgan fingerprint density at radius 1 is 1.04 bits per heavy atom. The average molecular weight is 407 g/mol. The van der Waals surface area contributed by atoms with Gasteiger partial charge < -0.3 is 9.80 Å². The maximum absolute atomic E-state index is 12.7. The van der Waals surface area contributed by atoms with Crippen LogP contribution < -0.4 is 4.90 Å². The standard InChI is InChI=1S/C18H25N5O4S/c24-17-15-5-2-4-8-22(15)18(25)23(17)13-14-28(26,27)21-11-9-20(10-12-21)16-6-1-3-7-19-16/h1,3,6-7,15H,2,4-5,8-14H2. The van der Waals surface area contributed by atoms with Gasteiger partial charge in [-0.25, -0.2) is 18.2 Å². The van der Waals surface area contributed by atoms with Crippen molar-refractivity contribution in [2.45, 2.75) is 25.3 Å². The van der Waals surface area contributed by atoms with Crippen molar-refractivity contribution < 1.29 is 18.0 Å². The van der Waals surface area contributed by atoms with Gasteiger partial charge in [0, 0.05) is 45.5 Å². The fourth-order valence-electron chi connectivity index (χ4n) is 4.12. The summed E-state index contributed by atoms with van der Waals surface area (Å²) in [6, 6.07) is 4.92. The Balaban J connectivity index is 1.34. The molecule has 4 heterocycles. The highest BCUT2D eigenvalue weighted by Crippen LogP contribution is 2.26. The molecular weight excluding hydrogens is 382 g/mol. The molecule has 0 saturated carbocycles. The van der Waals surface area contributed by atoms with Gasteiger partial charge in [0.25, 0.3) is 5.91 Å². The number of anilines is 1. The number of carbonyl (C=O) groups is 2. The molecular formula is C18H25N5O4S. The number of hydrogen-bond donors (Lipinski definition) is 0. The highest BCUT2D eigenvalue weighted by Gasteiger charge is 2.46. The molecule has 10 heteroatoms. The largest absolute Gasteiger partial charge is 0.354 e. The number of carbonyl (C=O) groups excluding carboxylic acids is 2. The number of nitrogens with zero attached hydrogens (tertiary/aromatic N) is 5. The van der Waals surface area contributed by atoms with Crippen LogP contribution in [0.15, 0.2) is 24.4 Å². The quantitative estimate of drug-likeness (QED) is 0.654. The molecule has 4 rings (SSSR count). The van der Waals surface area contributed by atoms with Gasteiger partial charge in [-0.3, -0.25) is 9.69 Å². The zero-order valence-corrected chi connectivity index (χ0v) is 16.6. The SMILES string of the molecule is O=C1C2CCCCN2C(=O)N1CCS(=O)(=O)N1CCN(c2ccccn2)CC1. The van der Waals surface area contributed by atoms with Crippen LogP contribution in [0.25, 0.3) is 0 Å². The number of imide groups is 1. The lowest BCUT2D eigenvalue weighted by Gasteiger charge is -2.34. The molecule has 0 aliphatic carbocycles. The molecule has 1 aromatic heterocycles. The summed E-state index contributed by atoms with van der Waals surface area (Å²) in [5.41, 5.74) is 0. The van der Waals surface area contributed by atoms with Gasteiger partial charge in [0.15, 0.2) is 0 Å². The van der Waals surface area contributed by atoms with Crippen LogP contribution in [0.3, 0.4) is 0 Å². The Bertz CT molecular complexity index is 815. The number of aromatic nitrogens is 1. The molecule has 3 saturated heterocycles. The summed E-state index contributed by atoms with van der Waals surface area (Å²) in [6.45, 7) is 2.37. The van der Waals surface area contributed by atoms with Crippen molar-refractivity contribution in [2.24, 2.45) is 0 Å². The van der Waals surface area contributed by atoms with Gasteiger partial charge in [-0.2, -0.15) is 4.31 Å². The van der Waals surface area contributed by atoms with Crippen molar-refractivity contribution in [3.05, 3.63) is 24.4 Å². The number of piperazine rings is 1. The second-order valence-electron chi connectivity index (χ2n) is 7.37. The van der Waals surface area contributed by atoms with E-state index in [9.17, 15) is 18.0 Å². The average Bonchev–Trinajstić information content (AvgIpc) is 2.98. The van der Waals surface area contributed by atoms with Gasteiger partial charge in [-0.15, -0.1) is 0 Å². The number of urea groups is 1. The Morgan fingerprint density at radius 2 is 1.82 bits per heavy atom. The summed E-state index contributed by atoms with van der Waals surface area (Å²) in [5.74, 6) is 0.360. The maximum Gasteiger partial charge on any atom is 0.327 e. The first kappa shape index (κ1) is 19.1. The van der Waals surface area contributed by atoms with Crippen LogP contribution in [0.5, 0.6) is 0 Å². The molecule has 0 N–H and O–H groups in total. The van der Waals surface area contributed by atoms with E-state index >= 15 is 0 Å². The second kappa shape index (κ2) is 7.67. The minimum Gasteiger partial charge on any atom is -0.354 e. The third-order valence-electron chi connectivity index (χ3n) is 5.71. The minimum absolute atomic E-state index is 0.0759. The molecule has 0 bridgehead atoms. The summed E-state index contributed by atoms with van der Waals surface area (Å²) in [4.78, 5) is 34.0. The number of piperidine rings is 1. The van der Waals surface area contributed by atoms with E-state index in [0.29, 0.717) is 39.1 Å². The Hall–Kier alpha value is -2.20. The molecule has 3 aliphatic heterocycles. The normalized spacial score (nSPS) is 24.0. The maximum atomic E-state index is 12.7. The Labute approximate surface area is 165 Å². The van der Waals surface area contributed by atoms with Gasteiger partial charge in [0.1, 0.15) is 11.9 Å². The monoisotopic (exact) mass is 407 g/mol. The van der Waals surface area contributed by atoms with E-state index in [0.717, 1.165) is 23.6 Å². The lowest BCUT2D eigenvalue weighted by atomic mass is 10.0. The van der Waals surface area contributed by atoms with Gasteiger partial charge in [-0.05, 0) is 31.4 Å². The molecule has 0 radical (unpaired) electrons. The van der Waals surface area contributed by atoms with Crippen LogP contribution in [0.1, 0.15) is 19.3 Å². The highest BCUT2D eigenvalue weighted by molar-refractivity contribution is 7.89. The van der Waals surface area contributed by atoms with Crippen LogP contribution in [0.2, 0.25) is 0 Å². The van der Waals surface area contributed by atoms with Gasteiger partial charge in [-0.1, -0.05) is 6.07 Å². The fraction of sp³-hybridized carbons (Fsp3) is 0.611. The third-order valence-corrected chi connectivity index (χ3v) is 7.56. The minimum atomic E-state index is -3.53. The van der Waals surface area contributed by atoms with Crippen LogP contribution >= 0.6 is 0 Å². The first-order valence-electron chi connectivity index (χ1n) is 9.73. The van der Waals surface area contributed by atoms with Crippen LogP contribution in [0, 0.1) is 0 Å². The molecule has 1 aromatic rings. The van der Waals surface area contributed by atoms with E-state index in [1.54, 1.807) is 11.1 Å². The van der Waals surface area contributed by atoms with E-state index in [1.165, 1.54) is 4.31 Å². The molecule has 152 valence electrons. The molecule has 1 unspecified atom stereocenters. The zero-order valence-electron chi connectivity index (χ0n) is 15.7. The summed E-state index contributed by atoms with van der Waals surface area (Å²) in [6.07, 6.45) is 4.20. The van der Waals surface area contributed by atoms with Crippen molar-refractivity contribution in [1.82, 2.24) is 19.1 Å². The number of rotatable bonds is 5. The van der Waals surface area contributed by atoms with Crippen molar-refractivity contribution >= 4 is 27.8 Å². The first-order valence-corrected chi connectivity index (χ1v) is 11.3. The number of hydrogen-bond acceptors (Lipinski definition) is 6. The predicted molar refractivity (Wildman–Crippen MR) is 103 cm³/mol. The van der Waals surface area contributed by atoms with E-state index in [-0.39, 0.29) is 24.2 Å². The van der Waals surface area contributed by atoms with E-state index in [1.807, 2.05) is 18.2 Å². The summed E-state index contributed by atoms with van der Waals surface area (Å²) >= 11 is 0. The topological polar surface area (TPSA) is 94.1 Å². The number of sulfonamides is 1. The third kappa shape index (κ3) is 3.58. The van der Waals surface area contributed by atoms with Crippen LogP contribution in [-0.4, -0.2) is 90.5 Å². The van der Waals surface area contributed by atoms with Gasteiger partial charge >= 0.3 is 6.03 Å². The lowest BCUT2D eigenvalue weighted by Crippen LogP contribution is -2.50. The zero-order chi connectivity index (χ0) is 19.7. The highest BCUT2D eigenvalue weighted by atomic mass is 32.2. The van der Waals surface area contributed by atoms with Crippen molar-refractivity contribution in [1.29, 1.82) is 0 Å². The number of pyridine rings is 1. The number of amides is 3. The molecule has 3 aliphatic rings. The van der Waals surface area contributed by atoms with Gasteiger partial charge in [0.2, 0.25) is 10.0 Å². The summed E-state index contributed by atoms with van der Waals surface area (Å²) < 4.78 is 26.9. The summed E-state index contributed by atoms with van der Waals surface area (Å²) in [7, 11) is -3.53. The van der Waals surface area contributed by atoms with E-state index in [4.69, 9.17) is 0 Å². The van der Waals surface area contributed by atoms with Crippen molar-refractivity contribution in [3.8, 4) is 0 Å². The molecule has 0 aromatic carbocycles. The summed E-state index contributed by atoms with van der Waals surface area (Å²) in [5, 5.41) is 0. The smallest absolute Gasteiger partial charge is 0.327 e. The van der Waals surface area contributed by atoms with Gasteiger partial charge in [0.05, 0.1) is 5.75 Å². The van der Waals surface area contributed by atoms with Crippen LogP contribution in [-0.2, 0) is 14.8 Å². The molecule has 0 spiro atoms.